The largest absolute Gasteiger partial charge is 0.392 e. The number of nitrogens with zero attached hydrogens (tertiary/aromatic N) is 1. The van der Waals surface area contributed by atoms with Crippen LogP contribution < -0.4 is 5.32 Å². The molecule has 3 rings (SSSR count). The number of amides is 1. The Kier molecular flexibility index (Phi) is 5.79. The highest BCUT2D eigenvalue weighted by Crippen LogP contribution is 2.16. The van der Waals surface area contributed by atoms with Gasteiger partial charge in [-0.3, -0.25) is 9.69 Å². The number of hydrogen-bond acceptors (Lipinski definition) is 3. The maximum atomic E-state index is 12.9. The topological polar surface area (TPSA) is 52.6 Å². The molecule has 2 aromatic carbocycles. The maximum Gasteiger partial charge on any atom is 0.224 e. The lowest BCUT2D eigenvalue weighted by Crippen LogP contribution is -2.26. The van der Waals surface area contributed by atoms with Crippen molar-refractivity contribution in [3.63, 3.8) is 0 Å². The lowest BCUT2D eigenvalue weighted by molar-refractivity contribution is -0.120. The van der Waals surface area contributed by atoms with E-state index in [-0.39, 0.29) is 24.2 Å². The number of likely N-dealkylation sites (tertiary alicyclic amines) is 1. The van der Waals surface area contributed by atoms with Gasteiger partial charge in [-0.15, -0.1) is 0 Å². The van der Waals surface area contributed by atoms with Crippen molar-refractivity contribution in [2.45, 2.75) is 32.0 Å². The highest BCUT2D eigenvalue weighted by molar-refractivity contribution is 5.78. The van der Waals surface area contributed by atoms with Gasteiger partial charge in [0.2, 0.25) is 5.91 Å². The minimum Gasteiger partial charge on any atom is -0.392 e. The van der Waals surface area contributed by atoms with Crippen LogP contribution in [0.1, 0.15) is 23.1 Å². The second-order valence-corrected chi connectivity index (χ2v) is 6.53. The van der Waals surface area contributed by atoms with Gasteiger partial charge in [-0.25, -0.2) is 4.39 Å². The molecule has 1 saturated heterocycles. The van der Waals surface area contributed by atoms with Crippen LogP contribution >= 0.6 is 0 Å². The third-order valence-electron chi connectivity index (χ3n) is 4.51. The summed E-state index contributed by atoms with van der Waals surface area (Å²) < 4.78 is 12.9. The second-order valence-electron chi connectivity index (χ2n) is 6.53. The summed E-state index contributed by atoms with van der Waals surface area (Å²) in [6, 6.07) is 14.0. The van der Waals surface area contributed by atoms with Crippen LogP contribution in [0.15, 0.2) is 48.5 Å². The Morgan fingerprint density at radius 2 is 1.88 bits per heavy atom. The van der Waals surface area contributed by atoms with Crippen molar-refractivity contribution in [3.05, 3.63) is 71.0 Å². The van der Waals surface area contributed by atoms with Crippen molar-refractivity contribution in [2.24, 2.45) is 0 Å². The van der Waals surface area contributed by atoms with E-state index in [0.717, 1.165) is 30.6 Å². The molecule has 1 unspecified atom stereocenters. The highest BCUT2D eigenvalue weighted by Gasteiger charge is 2.20. The molecule has 0 aliphatic carbocycles. The third-order valence-corrected chi connectivity index (χ3v) is 4.51. The summed E-state index contributed by atoms with van der Waals surface area (Å²) in [5.74, 6) is -0.386. The SMILES string of the molecule is O=C(Cc1ccc(F)cc1)NCc1ccccc1CN1CCC(O)C1. The Balaban J connectivity index is 1.55. The molecule has 0 aromatic heterocycles. The normalized spacial score (nSPS) is 17.6. The molecule has 1 heterocycles. The van der Waals surface area contributed by atoms with Crippen LogP contribution in [-0.2, 0) is 24.3 Å². The fourth-order valence-electron chi connectivity index (χ4n) is 3.12. The van der Waals surface area contributed by atoms with Crippen molar-refractivity contribution in [3.8, 4) is 0 Å². The number of carbonyl (C=O) groups is 1. The van der Waals surface area contributed by atoms with Crippen molar-refractivity contribution >= 4 is 5.91 Å². The van der Waals surface area contributed by atoms with Gasteiger partial charge >= 0.3 is 0 Å². The molecule has 1 atom stereocenters. The molecule has 1 amide bonds. The number of halogens is 1. The number of β-amino-alcohol motifs (C(OH)–C–C–N with tert-alkyl or cyclic N) is 1. The van der Waals surface area contributed by atoms with E-state index in [1.165, 1.54) is 17.7 Å². The van der Waals surface area contributed by atoms with Crippen molar-refractivity contribution in [2.75, 3.05) is 13.1 Å². The smallest absolute Gasteiger partial charge is 0.224 e. The number of rotatable bonds is 6. The quantitative estimate of drug-likeness (QED) is 0.847. The van der Waals surface area contributed by atoms with Gasteiger partial charge in [-0.2, -0.15) is 0 Å². The van der Waals surface area contributed by atoms with Crippen LogP contribution in [0.3, 0.4) is 0 Å². The first kappa shape index (κ1) is 17.6. The average molecular weight is 342 g/mol. The van der Waals surface area contributed by atoms with Gasteiger partial charge in [-0.05, 0) is 35.2 Å². The summed E-state index contributed by atoms with van der Waals surface area (Å²) in [6.07, 6.45) is 0.819. The first-order chi connectivity index (χ1) is 12.1. The average Bonchev–Trinajstić information content (AvgIpc) is 3.01. The lowest BCUT2D eigenvalue weighted by atomic mass is 10.1. The van der Waals surface area contributed by atoms with Crippen LogP contribution in [0.2, 0.25) is 0 Å². The highest BCUT2D eigenvalue weighted by atomic mass is 19.1. The minimum absolute atomic E-state index is 0.0852. The first-order valence-corrected chi connectivity index (χ1v) is 8.58. The molecule has 2 N–H and O–H groups in total. The fourth-order valence-corrected chi connectivity index (χ4v) is 3.12. The predicted molar refractivity (Wildman–Crippen MR) is 94.3 cm³/mol. The van der Waals surface area contributed by atoms with E-state index < -0.39 is 0 Å². The molecule has 5 heteroatoms. The molecule has 0 radical (unpaired) electrons. The van der Waals surface area contributed by atoms with E-state index in [0.29, 0.717) is 13.1 Å². The van der Waals surface area contributed by atoms with Crippen LogP contribution in [0.4, 0.5) is 4.39 Å². The zero-order valence-electron chi connectivity index (χ0n) is 14.1. The van der Waals surface area contributed by atoms with Gasteiger partial charge in [0.05, 0.1) is 12.5 Å². The summed E-state index contributed by atoms with van der Waals surface area (Å²) in [6.45, 7) is 2.84. The maximum absolute atomic E-state index is 12.9. The Morgan fingerprint density at radius 3 is 2.56 bits per heavy atom. The summed E-state index contributed by atoms with van der Waals surface area (Å²) in [5, 5.41) is 12.6. The summed E-state index contributed by atoms with van der Waals surface area (Å²) in [4.78, 5) is 14.3. The van der Waals surface area contributed by atoms with Gasteiger partial charge in [0.15, 0.2) is 0 Å². The van der Waals surface area contributed by atoms with Crippen molar-refractivity contribution < 1.29 is 14.3 Å². The molecule has 1 aliphatic rings. The molecule has 1 aliphatic heterocycles. The van der Waals surface area contributed by atoms with Gasteiger partial charge in [0.25, 0.3) is 0 Å². The number of carbonyl (C=O) groups excluding carboxylic acids is 1. The van der Waals surface area contributed by atoms with E-state index in [2.05, 4.69) is 16.3 Å². The standard InChI is InChI=1S/C20H23FN2O2/c21-18-7-5-15(6-8-18)11-20(25)22-12-16-3-1-2-4-17(16)13-23-10-9-19(24)14-23/h1-8,19,24H,9-14H2,(H,22,25). The predicted octanol–water partition coefficient (Wildman–Crippen LogP) is 2.25. The van der Waals surface area contributed by atoms with E-state index in [1.807, 2.05) is 18.2 Å². The minimum atomic E-state index is -0.301. The van der Waals surface area contributed by atoms with Gasteiger partial charge < -0.3 is 10.4 Å². The Labute approximate surface area is 147 Å². The molecule has 25 heavy (non-hydrogen) atoms. The van der Waals surface area contributed by atoms with Crippen LogP contribution in [-0.4, -0.2) is 35.1 Å². The molecule has 0 saturated carbocycles. The zero-order valence-corrected chi connectivity index (χ0v) is 14.1. The van der Waals surface area contributed by atoms with Crippen molar-refractivity contribution in [1.29, 1.82) is 0 Å². The fraction of sp³-hybridized carbons (Fsp3) is 0.350. The first-order valence-electron chi connectivity index (χ1n) is 8.58. The van der Waals surface area contributed by atoms with Crippen LogP contribution in [0, 0.1) is 5.82 Å². The van der Waals surface area contributed by atoms with E-state index in [9.17, 15) is 14.3 Å². The van der Waals surface area contributed by atoms with Gasteiger partial charge in [0.1, 0.15) is 5.82 Å². The van der Waals surface area contributed by atoms with Gasteiger partial charge in [0, 0.05) is 26.2 Å². The molecule has 0 bridgehead atoms. The number of aliphatic hydroxyl groups is 1. The Morgan fingerprint density at radius 1 is 1.16 bits per heavy atom. The Hall–Kier alpha value is -2.24. The van der Waals surface area contributed by atoms with Crippen LogP contribution in [0.5, 0.6) is 0 Å². The zero-order chi connectivity index (χ0) is 17.6. The van der Waals surface area contributed by atoms with E-state index in [4.69, 9.17) is 0 Å². The molecule has 1 fully saturated rings. The van der Waals surface area contributed by atoms with E-state index in [1.54, 1.807) is 12.1 Å². The number of aliphatic hydroxyl groups excluding tert-OH is 1. The molecular weight excluding hydrogens is 319 g/mol. The lowest BCUT2D eigenvalue weighted by Gasteiger charge is -2.18. The van der Waals surface area contributed by atoms with Gasteiger partial charge in [-0.1, -0.05) is 36.4 Å². The van der Waals surface area contributed by atoms with Crippen molar-refractivity contribution in [1.82, 2.24) is 10.2 Å². The van der Waals surface area contributed by atoms with E-state index >= 15 is 0 Å². The molecule has 4 nitrogen and oxygen atoms in total. The van der Waals surface area contributed by atoms with Crippen LogP contribution in [0.25, 0.3) is 0 Å². The molecular formula is C20H23FN2O2. The number of hydrogen-bond donors (Lipinski definition) is 2. The number of nitrogens with one attached hydrogen (secondary N) is 1. The third kappa shape index (κ3) is 5.11. The second kappa shape index (κ2) is 8.23. The summed E-state index contributed by atoms with van der Waals surface area (Å²) in [5.41, 5.74) is 3.04. The Bertz CT molecular complexity index is 718. The monoisotopic (exact) mass is 342 g/mol. The molecule has 0 spiro atoms. The summed E-state index contributed by atoms with van der Waals surface area (Å²) >= 11 is 0. The molecule has 132 valence electrons. The molecule has 2 aromatic rings. The summed E-state index contributed by atoms with van der Waals surface area (Å²) in [7, 11) is 0. The number of benzene rings is 2.